The smallest absolute Gasteiger partial charge is 0.251 e. The molecular formula is C30H34N4O2. The Morgan fingerprint density at radius 2 is 1.61 bits per heavy atom. The quantitative estimate of drug-likeness (QED) is 0.301. The minimum atomic E-state index is -0.0325. The Kier molecular flexibility index (Phi) is 8.50. The molecule has 4 aromatic rings. The molecule has 1 N–H and O–H groups in total. The third-order valence-electron chi connectivity index (χ3n) is 6.39. The van der Waals surface area contributed by atoms with Crippen molar-refractivity contribution >= 4 is 22.8 Å². The van der Waals surface area contributed by atoms with E-state index in [9.17, 15) is 9.59 Å². The molecule has 0 saturated heterocycles. The van der Waals surface area contributed by atoms with Crippen molar-refractivity contribution in [2.24, 2.45) is 0 Å². The van der Waals surface area contributed by atoms with Gasteiger partial charge in [-0.15, -0.1) is 0 Å². The van der Waals surface area contributed by atoms with Crippen molar-refractivity contribution in [3.63, 3.8) is 0 Å². The van der Waals surface area contributed by atoms with Crippen LogP contribution in [0.15, 0.2) is 78.9 Å². The molecule has 186 valence electrons. The number of unbranched alkanes of at least 4 members (excludes halogenated alkanes) is 2. The number of fused-ring (bicyclic) bond motifs is 1. The van der Waals surface area contributed by atoms with Crippen LogP contribution < -0.4 is 5.32 Å². The van der Waals surface area contributed by atoms with Crippen LogP contribution in [0, 0.1) is 6.92 Å². The number of carbonyl (C=O) groups is 2. The molecule has 0 aliphatic rings. The van der Waals surface area contributed by atoms with Gasteiger partial charge in [-0.3, -0.25) is 9.59 Å². The molecule has 0 atom stereocenters. The Morgan fingerprint density at radius 1 is 0.889 bits per heavy atom. The van der Waals surface area contributed by atoms with Crippen LogP contribution in [-0.4, -0.2) is 39.9 Å². The number of hydrogen-bond acceptors (Lipinski definition) is 3. The van der Waals surface area contributed by atoms with Crippen LogP contribution in [0.1, 0.15) is 46.6 Å². The molecule has 1 heterocycles. The first-order valence-electron chi connectivity index (χ1n) is 12.6. The molecule has 3 aromatic carbocycles. The molecule has 36 heavy (non-hydrogen) atoms. The molecule has 0 fully saturated rings. The predicted octanol–water partition coefficient (Wildman–Crippen LogP) is 5.15. The van der Waals surface area contributed by atoms with Crippen LogP contribution in [0.4, 0.5) is 0 Å². The summed E-state index contributed by atoms with van der Waals surface area (Å²) >= 11 is 0. The Hall–Kier alpha value is -3.93. The molecular weight excluding hydrogens is 448 g/mol. The van der Waals surface area contributed by atoms with Crippen molar-refractivity contribution in [3.8, 4) is 0 Å². The van der Waals surface area contributed by atoms with E-state index in [4.69, 9.17) is 4.98 Å². The lowest BCUT2D eigenvalue weighted by Crippen LogP contribution is -2.30. The molecule has 0 bridgehead atoms. The predicted molar refractivity (Wildman–Crippen MR) is 144 cm³/mol. The van der Waals surface area contributed by atoms with Crippen LogP contribution >= 0.6 is 0 Å². The van der Waals surface area contributed by atoms with Crippen molar-refractivity contribution in [1.82, 2.24) is 19.8 Å². The second-order valence-corrected chi connectivity index (χ2v) is 9.27. The molecule has 0 radical (unpaired) electrons. The molecule has 6 nitrogen and oxygen atoms in total. The number of imidazole rings is 1. The number of amides is 2. The first-order chi connectivity index (χ1) is 17.5. The van der Waals surface area contributed by atoms with Gasteiger partial charge >= 0.3 is 0 Å². The number of nitrogens with zero attached hydrogens (tertiary/aromatic N) is 3. The summed E-state index contributed by atoms with van der Waals surface area (Å²) < 4.78 is 2.05. The van der Waals surface area contributed by atoms with Gasteiger partial charge in [-0.25, -0.2) is 4.98 Å². The average molecular weight is 483 g/mol. The van der Waals surface area contributed by atoms with Crippen LogP contribution in [0.2, 0.25) is 0 Å². The van der Waals surface area contributed by atoms with Crippen LogP contribution in [0.5, 0.6) is 0 Å². The number of hydrogen-bond donors (Lipinski definition) is 1. The largest absolute Gasteiger partial charge is 0.352 e. The first-order valence-corrected chi connectivity index (χ1v) is 12.6. The normalized spacial score (nSPS) is 10.9. The van der Waals surface area contributed by atoms with Gasteiger partial charge in [-0.2, -0.15) is 0 Å². The van der Waals surface area contributed by atoms with E-state index in [2.05, 4.69) is 9.88 Å². The fraction of sp³-hybridized carbons (Fsp3) is 0.300. The number of benzene rings is 3. The lowest BCUT2D eigenvalue weighted by molar-refractivity contribution is -0.131. The summed E-state index contributed by atoms with van der Waals surface area (Å²) in [5.41, 5.74) is 4.84. The number of carbonyl (C=O) groups excluding carboxylic acids is 2. The first kappa shape index (κ1) is 25.2. The Morgan fingerprint density at radius 3 is 2.39 bits per heavy atom. The summed E-state index contributed by atoms with van der Waals surface area (Å²) in [5, 5.41) is 3.00. The zero-order chi connectivity index (χ0) is 25.3. The topological polar surface area (TPSA) is 67.2 Å². The second kappa shape index (κ2) is 12.2. The highest BCUT2D eigenvalue weighted by Crippen LogP contribution is 2.18. The maximum atomic E-state index is 13.1. The monoisotopic (exact) mass is 482 g/mol. The molecule has 0 saturated carbocycles. The van der Waals surface area contributed by atoms with E-state index in [-0.39, 0.29) is 18.4 Å². The highest BCUT2D eigenvalue weighted by Gasteiger charge is 2.16. The molecule has 6 heteroatoms. The van der Waals surface area contributed by atoms with Crippen molar-refractivity contribution in [2.75, 3.05) is 13.6 Å². The zero-order valence-corrected chi connectivity index (χ0v) is 21.1. The van der Waals surface area contributed by atoms with E-state index >= 15 is 0 Å². The van der Waals surface area contributed by atoms with E-state index in [0.717, 1.165) is 53.7 Å². The van der Waals surface area contributed by atoms with Crippen LogP contribution in [0.3, 0.4) is 0 Å². The zero-order valence-electron chi connectivity index (χ0n) is 21.1. The number of para-hydroxylation sites is 2. The van der Waals surface area contributed by atoms with Crippen LogP contribution in [-0.2, 0) is 24.3 Å². The van der Waals surface area contributed by atoms with Crippen LogP contribution in [0.25, 0.3) is 11.0 Å². The standard InChI is InChI=1S/C30H34N4O2/c1-23-16-18-25(19-17-23)30(36)31-20-10-4-7-15-28-32-26-13-8-9-14-27(26)34(28)22-29(35)33(2)21-24-11-5-3-6-12-24/h3,5-6,8-9,11-14,16-19H,4,7,10,15,20-22H2,1-2H3,(H,31,36). The molecule has 2 amide bonds. The second-order valence-electron chi connectivity index (χ2n) is 9.27. The maximum Gasteiger partial charge on any atom is 0.251 e. The molecule has 0 aliphatic carbocycles. The van der Waals surface area contributed by atoms with Gasteiger partial charge in [0.2, 0.25) is 5.91 Å². The summed E-state index contributed by atoms with van der Waals surface area (Å²) in [7, 11) is 1.85. The molecule has 0 spiro atoms. The minimum Gasteiger partial charge on any atom is -0.352 e. The van der Waals surface area contributed by atoms with Gasteiger partial charge in [0.25, 0.3) is 5.91 Å². The molecule has 4 rings (SSSR count). The molecule has 0 aliphatic heterocycles. The number of likely N-dealkylation sites (N-methyl/N-ethyl adjacent to an activating group) is 1. The summed E-state index contributed by atoms with van der Waals surface area (Å²) in [5.74, 6) is 0.957. The van der Waals surface area contributed by atoms with E-state index in [1.807, 2.05) is 92.8 Å². The molecule has 1 aromatic heterocycles. The number of nitrogens with one attached hydrogen (secondary N) is 1. The van der Waals surface area contributed by atoms with Gasteiger partial charge in [-0.05, 0) is 49.6 Å². The maximum absolute atomic E-state index is 13.1. The van der Waals surface area contributed by atoms with Gasteiger partial charge in [0.05, 0.1) is 11.0 Å². The lowest BCUT2D eigenvalue weighted by atomic mass is 10.1. The lowest BCUT2D eigenvalue weighted by Gasteiger charge is -2.19. The summed E-state index contributed by atoms with van der Waals surface area (Å²) in [6.45, 7) is 3.50. The fourth-order valence-electron chi connectivity index (χ4n) is 4.29. The highest BCUT2D eigenvalue weighted by molar-refractivity contribution is 5.94. The van der Waals surface area contributed by atoms with E-state index in [1.165, 1.54) is 0 Å². The van der Waals surface area contributed by atoms with Crippen molar-refractivity contribution in [3.05, 3.63) is 101 Å². The average Bonchev–Trinajstić information content (AvgIpc) is 3.24. The Bertz CT molecular complexity index is 1300. The van der Waals surface area contributed by atoms with E-state index < -0.39 is 0 Å². The number of aromatic nitrogens is 2. The van der Waals surface area contributed by atoms with Crippen molar-refractivity contribution in [2.45, 2.75) is 45.7 Å². The SMILES string of the molecule is Cc1ccc(C(=O)NCCCCCc2nc3ccccc3n2CC(=O)N(C)Cc2ccccc2)cc1. The molecule has 0 unspecified atom stereocenters. The summed E-state index contributed by atoms with van der Waals surface area (Å²) in [6.07, 6.45) is 3.60. The van der Waals surface area contributed by atoms with Gasteiger partial charge in [0.1, 0.15) is 12.4 Å². The van der Waals surface area contributed by atoms with E-state index in [1.54, 1.807) is 4.90 Å². The number of rotatable bonds is 11. The van der Waals surface area contributed by atoms with Crippen molar-refractivity contribution in [1.29, 1.82) is 0 Å². The summed E-state index contributed by atoms with van der Waals surface area (Å²) in [4.78, 5) is 31.9. The third kappa shape index (κ3) is 6.60. The van der Waals surface area contributed by atoms with Gasteiger partial charge in [0.15, 0.2) is 0 Å². The van der Waals surface area contributed by atoms with Gasteiger partial charge in [-0.1, -0.05) is 66.6 Å². The van der Waals surface area contributed by atoms with E-state index in [0.29, 0.717) is 18.7 Å². The number of aryl methyl sites for hydroxylation is 2. The van der Waals surface area contributed by atoms with Gasteiger partial charge < -0.3 is 14.8 Å². The third-order valence-corrected chi connectivity index (χ3v) is 6.39. The fourth-order valence-corrected chi connectivity index (χ4v) is 4.29. The highest BCUT2D eigenvalue weighted by atomic mass is 16.2. The van der Waals surface area contributed by atoms with Gasteiger partial charge in [0, 0.05) is 32.1 Å². The minimum absolute atomic E-state index is 0.0325. The Labute approximate surface area is 213 Å². The van der Waals surface area contributed by atoms with Crippen molar-refractivity contribution < 1.29 is 9.59 Å². The summed E-state index contributed by atoms with van der Waals surface area (Å²) in [6, 6.07) is 25.6. The Balaban J connectivity index is 1.30.